The van der Waals surface area contributed by atoms with Gasteiger partial charge in [0.25, 0.3) is 5.91 Å². The van der Waals surface area contributed by atoms with Crippen molar-refractivity contribution >= 4 is 17.5 Å². The van der Waals surface area contributed by atoms with E-state index in [1.807, 2.05) is 0 Å². The average molecular weight is 349 g/mol. The van der Waals surface area contributed by atoms with Gasteiger partial charge in [0.05, 0.1) is 25.5 Å². The number of oxime groups is 1. The third kappa shape index (κ3) is 3.79. The number of carbonyl (C=O) groups is 2. The monoisotopic (exact) mass is 349 g/mol. The van der Waals surface area contributed by atoms with E-state index < -0.39 is 17.3 Å². The Labute approximate surface area is 144 Å². The fourth-order valence-electron chi connectivity index (χ4n) is 2.77. The van der Waals surface area contributed by atoms with Gasteiger partial charge in [-0.3, -0.25) is 9.59 Å². The van der Waals surface area contributed by atoms with Crippen molar-refractivity contribution in [2.45, 2.75) is 18.9 Å². The molecule has 0 saturated carbocycles. The first-order valence-corrected chi connectivity index (χ1v) is 8.13. The molecule has 2 amide bonds. The Balaban J connectivity index is 1.56. The Kier molecular flexibility index (Phi) is 4.98. The fourth-order valence-corrected chi connectivity index (χ4v) is 2.77. The van der Waals surface area contributed by atoms with Gasteiger partial charge in [-0.15, -0.1) is 0 Å². The molecule has 1 saturated heterocycles. The maximum atomic E-state index is 13.9. The van der Waals surface area contributed by atoms with Crippen molar-refractivity contribution in [3.63, 3.8) is 0 Å². The molecule has 0 spiro atoms. The molecular formula is C17H20FN3O4. The topological polar surface area (TPSA) is 80.2 Å². The van der Waals surface area contributed by atoms with Crippen LogP contribution in [0.2, 0.25) is 0 Å². The number of nitrogens with zero attached hydrogens (tertiary/aromatic N) is 2. The lowest BCUT2D eigenvalue weighted by molar-refractivity contribution is -0.144. The summed E-state index contributed by atoms with van der Waals surface area (Å²) in [6, 6.07) is 6.19. The summed E-state index contributed by atoms with van der Waals surface area (Å²) in [6.07, 6.45) is 0.130. The number of halogens is 1. The molecule has 0 aromatic heterocycles. The number of hydrogen-bond donors (Lipinski definition) is 1. The molecule has 0 unspecified atom stereocenters. The molecule has 1 fully saturated rings. The standard InChI is InChI=1S/C17H20FN3O4/c1-17(10-14(20-25-17)12-4-2-3-5-13(12)18)16(23)19-11-15(22)21-6-8-24-9-7-21/h2-5H,6-11H2,1H3,(H,19,23)/t17-/m1/s1. The summed E-state index contributed by atoms with van der Waals surface area (Å²) in [4.78, 5) is 31.4. The molecule has 0 radical (unpaired) electrons. The minimum Gasteiger partial charge on any atom is -0.379 e. The van der Waals surface area contributed by atoms with Crippen molar-refractivity contribution in [2.75, 3.05) is 32.8 Å². The van der Waals surface area contributed by atoms with Crippen LogP contribution >= 0.6 is 0 Å². The van der Waals surface area contributed by atoms with Crippen LogP contribution in [0.3, 0.4) is 0 Å². The molecule has 0 bridgehead atoms. The van der Waals surface area contributed by atoms with Crippen LogP contribution in [0.1, 0.15) is 18.9 Å². The van der Waals surface area contributed by atoms with Gasteiger partial charge in [0, 0.05) is 25.1 Å². The molecule has 3 rings (SSSR count). The molecule has 2 aliphatic heterocycles. The van der Waals surface area contributed by atoms with Crippen molar-refractivity contribution in [1.29, 1.82) is 0 Å². The Morgan fingerprint density at radius 2 is 2.04 bits per heavy atom. The van der Waals surface area contributed by atoms with Crippen LogP contribution in [0.5, 0.6) is 0 Å². The maximum absolute atomic E-state index is 13.9. The Morgan fingerprint density at radius 3 is 2.76 bits per heavy atom. The smallest absolute Gasteiger partial charge is 0.267 e. The molecule has 7 nitrogen and oxygen atoms in total. The highest BCUT2D eigenvalue weighted by atomic mass is 19.1. The van der Waals surface area contributed by atoms with Crippen LogP contribution < -0.4 is 5.32 Å². The van der Waals surface area contributed by atoms with Crippen LogP contribution in [0.4, 0.5) is 4.39 Å². The number of ether oxygens (including phenoxy) is 1. The molecule has 2 aliphatic rings. The first-order valence-electron chi connectivity index (χ1n) is 8.13. The van der Waals surface area contributed by atoms with Crippen molar-refractivity contribution in [1.82, 2.24) is 10.2 Å². The van der Waals surface area contributed by atoms with Gasteiger partial charge in [-0.05, 0) is 13.0 Å². The summed E-state index contributed by atoms with van der Waals surface area (Å²) >= 11 is 0. The van der Waals surface area contributed by atoms with Gasteiger partial charge < -0.3 is 19.8 Å². The summed E-state index contributed by atoms with van der Waals surface area (Å²) in [7, 11) is 0. The third-order valence-corrected chi connectivity index (χ3v) is 4.29. The zero-order valence-corrected chi connectivity index (χ0v) is 14.0. The van der Waals surface area contributed by atoms with Crippen molar-refractivity contribution in [2.24, 2.45) is 5.16 Å². The summed E-state index contributed by atoms with van der Waals surface area (Å²) < 4.78 is 19.0. The van der Waals surface area contributed by atoms with E-state index in [4.69, 9.17) is 9.57 Å². The first-order chi connectivity index (χ1) is 12.0. The number of nitrogens with one attached hydrogen (secondary N) is 1. The number of carbonyl (C=O) groups excluding carboxylic acids is 2. The van der Waals surface area contributed by atoms with Gasteiger partial charge in [-0.25, -0.2) is 4.39 Å². The van der Waals surface area contributed by atoms with Crippen LogP contribution in [0.25, 0.3) is 0 Å². The lowest BCUT2D eigenvalue weighted by Crippen LogP contribution is -2.50. The van der Waals surface area contributed by atoms with Crippen molar-refractivity contribution in [3.05, 3.63) is 35.6 Å². The Morgan fingerprint density at radius 1 is 1.32 bits per heavy atom. The number of benzene rings is 1. The SMILES string of the molecule is C[C@]1(C(=O)NCC(=O)N2CCOCC2)CC(c2ccccc2F)=NO1. The summed E-state index contributed by atoms with van der Waals surface area (Å²) in [6.45, 7) is 3.48. The van der Waals surface area contributed by atoms with Crippen LogP contribution in [-0.4, -0.2) is 60.9 Å². The highest BCUT2D eigenvalue weighted by Gasteiger charge is 2.42. The van der Waals surface area contributed by atoms with E-state index in [-0.39, 0.29) is 18.9 Å². The molecule has 1 aromatic rings. The molecule has 8 heteroatoms. The van der Waals surface area contributed by atoms with E-state index in [9.17, 15) is 14.0 Å². The Bertz CT molecular complexity index is 703. The van der Waals surface area contributed by atoms with Crippen LogP contribution in [0, 0.1) is 5.82 Å². The highest BCUT2D eigenvalue weighted by molar-refractivity contribution is 6.05. The van der Waals surface area contributed by atoms with Crippen molar-refractivity contribution in [3.8, 4) is 0 Å². The van der Waals surface area contributed by atoms with Crippen LogP contribution in [0.15, 0.2) is 29.4 Å². The molecule has 1 N–H and O–H groups in total. The molecule has 2 heterocycles. The van der Waals surface area contributed by atoms with Gasteiger partial charge >= 0.3 is 0 Å². The zero-order valence-electron chi connectivity index (χ0n) is 14.0. The molecule has 1 atom stereocenters. The largest absolute Gasteiger partial charge is 0.379 e. The first kappa shape index (κ1) is 17.3. The van der Waals surface area contributed by atoms with E-state index in [1.165, 1.54) is 6.07 Å². The second-order valence-electron chi connectivity index (χ2n) is 6.19. The number of amides is 2. The summed E-state index contributed by atoms with van der Waals surface area (Å²) in [5.41, 5.74) is -0.582. The fraction of sp³-hybridized carbons (Fsp3) is 0.471. The lowest BCUT2D eigenvalue weighted by atomic mass is 9.95. The van der Waals surface area contributed by atoms with Crippen LogP contribution in [-0.2, 0) is 19.2 Å². The number of morpholine rings is 1. The number of rotatable bonds is 4. The van der Waals surface area contributed by atoms with E-state index in [2.05, 4.69) is 10.5 Å². The van der Waals surface area contributed by atoms with E-state index >= 15 is 0 Å². The quantitative estimate of drug-likeness (QED) is 0.867. The van der Waals surface area contributed by atoms with Gasteiger partial charge in [0.1, 0.15) is 5.82 Å². The van der Waals surface area contributed by atoms with Gasteiger partial charge in [-0.2, -0.15) is 0 Å². The van der Waals surface area contributed by atoms with Gasteiger partial charge in [0.15, 0.2) is 0 Å². The molecular weight excluding hydrogens is 329 g/mol. The summed E-state index contributed by atoms with van der Waals surface area (Å²) in [5.74, 6) is -1.05. The highest BCUT2D eigenvalue weighted by Crippen LogP contribution is 2.27. The molecule has 1 aromatic carbocycles. The van der Waals surface area contributed by atoms with Gasteiger partial charge in [-0.1, -0.05) is 23.4 Å². The predicted molar refractivity (Wildman–Crippen MR) is 87.5 cm³/mol. The van der Waals surface area contributed by atoms with E-state index in [0.717, 1.165) is 0 Å². The summed E-state index contributed by atoms with van der Waals surface area (Å²) in [5, 5.41) is 6.45. The predicted octanol–water partition coefficient (Wildman–Crippen LogP) is 0.684. The minimum absolute atomic E-state index is 0.118. The lowest BCUT2D eigenvalue weighted by Gasteiger charge is -2.27. The normalized spacial score (nSPS) is 23.0. The van der Waals surface area contributed by atoms with E-state index in [0.29, 0.717) is 37.6 Å². The molecule has 25 heavy (non-hydrogen) atoms. The zero-order chi connectivity index (χ0) is 17.9. The number of hydrogen-bond acceptors (Lipinski definition) is 5. The second kappa shape index (κ2) is 7.18. The third-order valence-electron chi connectivity index (χ3n) is 4.29. The maximum Gasteiger partial charge on any atom is 0.267 e. The molecule has 0 aliphatic carbocycles. The Hall–Kier alpha value is -2.48. The molecule has 134 valence electrons. The van der Waals surface area contributed by atoms with E-state index in [1.54, 1.807) is 30.0 Å². The average Bonchev–Trinajstić information content (AvgIpc) is 3.04. The minimum atomic E-state index is -1.26. The van der Waals surface area contributed by atoms with Gasteiger partial charge in [0.2, 0.25) is 11.5 Å². The van der Waals surface area contributed by atoms with Crippen molar-refractivity contribution < 1.29 is 23.6 Å². The second-order valence-corrected chi connectivity index (χ2v) is 6.19.